The molecule has 4 bridgehead atoms. The number of fused-ring (bicyclic) bond motifs is 1. The highest BCUT2D eigenvalue weighted by atomic mass is 32.2. The molecule has 1 unspecified atom stereocenters. The summed E-state index contributed by atoms with van der Waals surface area (Å²) in [6.07, 6.45) is 11.0. The second-order valence-corrected chi connectivity index (χ2v) is 13.2. The molecule has 3 heterocycles. The quantitative estimate of drug-likeness (QED) is 0.396. The number of imide groups is 1. The summed E-state index contributed by atoms with van der Waals surface area (Å²) in [6, 6.07) is 5.17. The van der Waals surface area contributed by atoms with Gasteiger partial charge in [-0.1, -0.05) is 11.3 Å². The monoisotopic (exact) mass is 534 g/mol. The first-order valence-corrected chi connectivity index (χ1v) is 15.0. The molecule has 200 valence electrons. The fraction of sp³-hybridized carbons (Fsp3) is 0.607. The van der Waals surface area contributed by atoms with Crippen molar-refractivity contribution in [3.8, 4) is 0 Å². The van der Waals surface area contributed by atoms with E-state index in [0.29, 0.717) is 24.1 Å². The molecule has 2 aliphatic heterocycles. The number of hydrogen-bond donors (Lipinski definition) is 2. The number of piperidine rings is 1. The number of carbonyl (C=O) groups excluding carboxylic acids is 3. The number of thioether (sulfide) groups is 1. The van der Waals surface area contributed by atoms with E-state index in [-0.39, 0.29) is 24.1 Å². The zero-order valence-corrected chi connectivity index (χ0v) is 22.3. The number of nitrogens with zero attached hydrogens (tertiary/aromatic N) is 4. The van der Waals surface area contributed by atoms with E-state index in [1.54, 1.807) is 16.7 Å². The predicted molar refractivity (Wildman–Crippen MR) is 141 cm³/mol. The van der Waals surface area contributed by atoms with Gasteiger partial charge in [0.25, 0.3) is 5.91 Å². The number of aryl methyl sites for hydroxylation is 1. The first-order valence-electron chi connectivity index (χ1n) is 14.0. The van der Waals surface area contributed by atoms with Crippen molar-refractivity contribution in [2.75, 3.05) is 5.75 Å². The number of amides is 3. The molecule has 38 heavy (non-hydrogen) atoms. The molecular weight excluding hydrogens is 500 g/mol. The van der Waals surface area contributed by atoms with Crippen molar-refractivity contribution in [3.63, 3.8) is 0 Å². The van der Waals surface area contributed by atoms with Crippen LogP contribution < -0.4 is 10.6 Å². The van der Waals surface area contributed by atoms with Gasteiger partial charge in [0.2, 0.25) is 11.8 Å². The third-order valence-corrected chi connectivity index (χ3v) is 10.5. The first kappa shape index (κ1) is 24.3. The maximum absolute atomic E-state index is 13.1. The lowest BCUT2D eigenvalue weighted by Gasteiger charge is -2.57. The van der Waals surface area contributed by atoms with Gasteiger partial charge in [-0.2, -0.15) is 0 Å². The van der Waals surface area contributed by atoms with Crippen LogP contribution in [0.1, 0.15) is 73.0 Å². The largest absolute Gasteiger partial charge is 0.322 e. The van der Waals surface area contributed by atoms with Crippen molar-refractivity contribution in [1.82, 2.24) is 30.5 Å². The molecule has 5 fully saturated rings. The summed E-state index contributed by atoms with van der Waals surface area (Å²) in [5, 5.41) is 15.1. The third kappa shape index (κ3) is 4.45. The maximum Gasteiger partial charge on any atom is 0.255 e. The van der Waals surface area contributed by atoms with Crippen LogP contribution in [0.3, 0.4) is 0 Å². The van der Waals surface area contributed by atoms with Crippen LogP contribution in [-0.4, -0.2) is 54.9 Å². The van der Waals surface area contributed by atoms with E-state index in [2.05, 4.69) is 27.1 Å². The lowest BCUT2D eigenvalue weighted by Crippen LogP contribution is -2.58. The molecule has 4 saturated carbocycles. The molecule has 4 aliphatic carbocycles. The molecule has 0 radical (unpaired) electrons. The Morgan fingerprint density at radius 2 is 1.84 bits per heavy atom. The number of benzene rings is 1. The van der Waals surface area contributed by atoms with Crippen molar-refractivity contribution < 1.29 is 14.4 Å². The van der Waals surface area contributed by atoms with E-state index in [9.17, 15) is 14.4 Å². The van der Waals surface area contributed by atoms with Gasteiger partial charge >= 0.3 is 0 Å². The molecule has 1 saturated heterocycles. The van der Waals surface area contributed by atoms with Crippen LogP contribution in [-0.2, 0) is 29.2 Å². The molecule has 9 nitrogen and oxygen atoms in total. The fourth-order valence-corrected chi connectivity index (χ4v) is 9.10. The van der Waals surface area contributed by atoms with Crippen molar-refractivity contribution in [2.45, 2.75) is 87.5 Å². The van der Waals surface area contributed by atoms with Gasteiger partial charge in [-0.15, -0.1) is 16.9 Å². The Morgan fingerprint density at radius 3 is 2.58 bits per heavy atom. The average molecular weight is 535 g/mol. The Hall–Kier alpha value is -2.72. The molecule has 2 N–H and O–H groups in total. The van der Waals surface area contributed by atoms with Gasteiger partial charge in [0.05, 0.1) is 12.2 Å². The van der Waals surface area contributed by atoms with E-state index in [4.69, 9.17) is 0 Å². The summed E-state index contributed by atoms with van der Waals surface area (Å²) < 4.78 is 1.91. The summed E-state index contributed by atoms with van der Waals surface area (Å²) in [5.74, 6) is 2.79. The van der Waals surface area contributed by atoms with Crippen molar-refractivity contribution in [2.24, 2.45) is 17.8 Å². The minimum Gasteiger partial charge on any atom is -0.322 e. The number of aromatic nitrogens is 3. The molecule has 1 aromatic carbocycles. The van der Waals surface area contributed by atoms with Crippen LogP contribution in [0.2, 0.25) is 0 Å². The van der Waals surface area contributed by atoms with Gasteiger partial charge in [-0.05, 0) is 80.4 Å². The van der Waals surface area contributed by atoms with E-state index in [1.165, 1.54) is 38.5 Å². The van der Waals surface area contributed by atoms with E-state index in [0.717, 1.165) is 52.7 Å². The van der Waals surface area contributed by atoms with Crippen molar-refractivity contribution in [1.29, 1.82) is 0 Å². The highest BCUT2D eigenvalue weighted by molar-refractivity contribution is 7.99. The van der Waals surface area contributed by atoms with Crippen LogP contribution in [0.25, 0.3) is 0 Å². The average Bonchev–Trinajstić information content (AvgIpc) is 3.47. The molecule has 10 heteroatoms. The second-order valence-electron chi connectivity index (χ2n) is 12.1. The summed E-state index contributed by atoms with van der Waals surface area (Å²) in [6.45, 7) is 1.90. The Morgan fingerprint density at radius 1 is 1.08 bits per heavy atom. The molecule has 1 atom stereocenters. The second kappa shape index (κ2) is 9.48. The SMILES string of the molecule is O=C1CCC(N2Cc3c(SCCn4cc(CNC56CC7CC(CC(C7)C5)C6)nn4)cccc3C2=O)C(=O)N1. The molecule has 2 aromatic rings. The van der Waals surface area contributed by atoms with Gasteiger partial charge in [0.1, 0.15) is 6.04 Å². The smallest absolute Gasteiger partial charge is 0.255 e. The zero-order valence-electron chi connectivity index (χ0n) is 21.5. The minimum absolute atomic E-state index is 0.135. The number of rotatable bonds is 8. The van der Waals surface area contributed by atoms with E-state index >= 15 is 0 Å². The van der Waals surface area contributed by atoms with Gasteiger partial charge in [-0.25, -0.2) is 0 Å². The molecular formula is C28H34N6O3S. The van der Waals surface area contributed by atoms with Gasteiger partial charge in [-0.3, -0.25) is 24.4 Å². The first-order chi connectivity index (χ1) is 18.4. The normalized spacial score (nSPS) is 31.7. The highest BCUT2D eigenvalue weighted by Gasteiger charge is 2.50. The standard InChI is InChI=1S/C28H34N6O3S/c35-25-5-4-23(26(36)30-25)34-16-22-21(27(34)37)2-1-3-24(22)38-7-6-33-15-20(31-32-33)14-29-28-11-17-8-18(12-28)10-19(9-17)13-28/h1-3,15,17-19,23,29H,4-14,16H2,(H,30,35,36). The minimum atomic E-state index is -0.592. The summed E-state index contributed by atoms with van der Waals surface area (Å²) in [5.41, 5.74) is 2.93. The van der Waals surface area contributed by atoms with E-state index < -0.39 is 6.04 Å². The van der Waals surface area contributed by atoms with Crippen LogP contribution in [0.5, 0.6) is 0 Å². The molecule has 1 aromatic heterocycles. The Bertz CT molecular complexity index is 1260. The number of hydrogen-bond acceptors (Lipinski definition) is 7. The van der Waals surface area contributed by atoms with Crippen molar-refractivity contribution in [3.05, 3.63) is 41.2 Å². The van der Waals surface area contributed by atoms with Gasteiger partial charge < -0.3 is 10.2 Å². The summed E-state index contributed by atoms with van der Waals surface area (Å²) >= 11 is 1.70. The lowest BCUT2D eigenvalue weighted by molar-refractivity contribution is -0.136. The number of carbonyl (C=O) groups is 3. The molecule has 8 rings (SSSR count). The van der Waals surface area contributed by atoms with Crippen LogP contribution >= 0.6 is 11.8 Å². The fourth-order valence-electron chi connectivity index (χ4n) is 8.08. The van der Waals surface area contributed by atoms with Gasteiger partial charge in [0, 0.05) is 47.5 Å². The number of nitrogens with one attached hydrogen (secondary N) is 2. The van der Waals surface area contributed by atoms with Crippen molar-refractivity contribution >= 4 is 29.5 Å². The van der Waals surface area contributed by atoms with Crippen LogP contribution in [0.15, 0.2) is 29.3 Å². The predicted octanol–water partition coefficient (Wildman–Crippen LogP) is 2.89. The van der Waals surface area contributed by atoms with E-state index in [1.807, 2.05) is 22.9 Å². The summed E-state index contributed by atoms with van der Waals surface area (Å²) in [7, 11) is 0. The Labute approximate surface area is 226 Å². The van der Waals surface area contributed by atoms with Crippen LogP contribution in [0, 0.1) is 17.8 Å². The maximum atomic E-state index is 13.1. The molecule has 0 spiro atoms. The molecule has 3 amide bonds. The third-order valence-electron chi connectivity index (χ3n) is 9.39. The lowest BCUT2D eigenvalue weighted by atomic mass is 9.53. The Kier molecular flexibility index (Phi) is 6.07. The van der Waals surface area contributed by atoms with Crippen LogP contribution in [0.4, 0.5) is 0 Å². The highest BCUT2D eigenvalue weighted by Crippen LogP contribution is 2.55. The molecule has 6 aliphatic rings. The Balaban J connectivity index is 0.943. The van der Waals surface area contributed by atoms with Gasteiger partial charge in [0.15, 0.2) is 0 Å². The topological polar surface area (TPSA) is 109 Å². The zero-order chi connectivity index (χ0) is 25.9. The summed E-state index contributed by atoms with van der Waals surface area (Å²) in [4.78, 5) is 39.6.